The fourth-order valence-corrected chi connectivity index (χ4v) is 5.60. The lowest BCUT2D eigenvalue weighted by atomic mass is 9.88. The van der Waals surface area contributed by atoms with Crippen LogP contribution in [0.25, 0.3) is 0 Å². The molecule has 2 saturated heterocycles. The molecule has 0 saturated carbocycles. The van der Waals surface area contributed by atoms with E-state index in [1.54, 1.807) is 25.7 Å². The zero-order chi connectivity index (χ0) is 8.44. The van der Waals surface area contributed by atoms with Crippen molar-refractivity contribution in [1.29, 1.82) is 0 Å². The second-order valence-electron chi connectivity index (χ2n) is 4.66. The van der Waals surface area contributed by atoms with Gasteiger partial charge in [-0.25, -0.2) is 0 Å². The molecule has 3 atom stereocenters. The quantitative estimate of drug-likeness (QED) is 0.570. The molecule has 2 fully saturated rings. The minimum absolute atomic E-state index is 0.857. The highest BCUT2D eigenvalue weighted by molar-refractivity contribution is 7.41. The van der Waals surface area contributed by atoms with E-state index < -0.39 is 0 Å². The molecule has 3 unspecified atom stereocenters. The molecule has 0 nitrogen and oxygen atoms in total. The highest BCUT2D eigenvalue weighted by Gasteiger charge is 2.39. The Balaban J connectivity index is 2.02. The Hall–Kier alpha value is 0.430. The largest absolute Gasteiger partial charge is 0.112 e. The highest BCUT2D eigenvalue weighted by Crippen LogP contribution is 2.57. The average Bonchev–Trinajstić information content (AvgIpc) is 2.30. The predicted octanol–water partition coefficient (Wildman–Crippen LogP) is 3.94. The van der Waals surface area contributed by atoms with Crippen molar-refractivity contribution in [3.05, 3.63) is 0 Å². The van der Waals surface area contributed by atoms with Crippen LogP contribution in [0.3, 0.4) is 0 Å². The SMILES string of the molecule is CCCC12CCCCC(CC1)P2. The molecule has 0 aromatic heterocycles. The molecular weight excluding hydrogens is 163 g/mol. The summed E-state index contributed by atoms with van der Waals surface area (Å²) in [4.78, 5) is 0. The molecule has 0 N–H and O–H groups in total. The van der Waals surface area contributed by atoms with Crippen LogP contribution in [0.1, 0.15) is 58.3 Å². The van der Waals surface area contributed by atoms with Gasteiger partial charge in [0.25, 0.3) is 0 Å². The van der Waals surface area contributed by atoms with Crippen LogP contribution in [0, 0.1) is 0 Å². The number of hydrogen-bond donors (Lipinski definition) is 0. The number of fused-ring (bicyclic) bond motifs is 2. The van der Waals surface area contributed by atoms with Gasteiger partial charge in [0.1, 0.15) is 0 Å². The number of hydrogen-bond acceptors (Lipinski definition) is 0. The second kappa shape index (κ2) is 3.66. The Morgan fingerprint density at radius 2 is 2.17 bits per heavy atom. The van der Waals surface area contributed by atoms with Crippen molar-refractivity contribution in [2.75, 3.05) is 0 Å². The molecule has 2 aliphatic heterocycles. The summed E-state index contributed by atoms with van der Waals surface area (Å²) < 4.78 is 0. The molecular formula is C11H21P. The lowest BCUT2D eigenvalue weighted by molar-refractivity contribution is 0.428. The van der Waals surface area contributed by atoms with E-state index >= 15 is 0 Å². The molecule has 0 aromatic rings. The molecule has 0 aromatic carbocycles. The van der Waals surface area contributed by atoms with Crippen molar-refractivity contribution in [1.82, 2.24) is 0 Å². The van der Waals surface area contributed by atoms with Crippen LogP contribution in [0.4, 0.5) is 0 Å². The lowest BCUT2D eigenvalue weighted by Gasteiger charge is -2.27. The maximum Gasteiger partial charge on any atom is -0.0119 e. The Morgan fingerprint density at radius 1 is 1.25 bits per heavy atom. The topological polar surface area (TPSA) is 0 Å². The number of rotatable bonds is 2. The van der Waals surface area contributed by atoms with Gasteiger partial charge in [-0.1, -0.05) is 26.2 Å². The van der Waals surface area contributed by atoms with Crippen molar-refractivity contribution in [3.8, 4) is 0 Å². The maximum atomic E-state index is 2.36. The first-order valence-corrected chi connectivity index (χ1v) is 6.70. The van der Waals surface area contributed by atoms with E-state index in [0.29, 0.717) is 0 Å². The van der Waals surface area contributed by atoms with Gasteiger partial charge in [0.05, 0.1) is 0 Å². The van der Waals surface area contributed by atoms with Crippen molar-refractivity contribution >= 4 is 8.58 Å². The molecule has 70 valence electrons. The fraction of sp³-hybridized carbons (Fsp3) is 1.00. The van der Waals surface area contributed by atoms with E-state index in [0.717, 1.165) is 10.8 Å². The van der Waals surface area contributed by atoms with Gasteiger partial charge < -0.3 is 0 Å². The van der Waals surface area contributed by atoms with Crippen molar-refractivity contribution in [3.63, 3.8) is 0 Å². The smallest absolute Gasteiger partial charge is 0.0119 e. The summed E-state index contributed by atoms with van der Waals surface area (Å²) in [7, 11) is 1.33. The fourth-order valence-electron chi connectivity index (χ4n) is 3.10. The molecule has 2 heterocycles. The van der Waals surface area contributed by atoms with E-state index in [4.69, 9.17) is 0 Å². The van der Waals surface area contributed by atoms with Crippen LogP contribution in [0.15, 0.2) is 0 Å². The van der Waals surface area contributed by atoms with E-state index in [1.165, 1.54) is 34.3 Å². The first-order chi connectivity index (χ1) is 5.85. The highest BCUT2D eigenvalue weighted by atomic mass is 31.1. The van der Waals surface area contributed by atoms with Crippen LogP contribution >= 0.6 is 8.58 Å². The molecule has 0 spiro atoms. The van der Waals surface area contributed by atoms with Gasteiger partial charge in [-0.3, -0.25) is 0 Å². The summed E-state index contributed by atoms with van der Waals surface area (Å²) in [5, 5.41) is 0.857. The van der Waals surface area contributed by atoms with Crippen LogP contribution in [-0.4, -0.2) is 10.8 Å². The average molecular weight is 184 g/mol. The third-order valence-electron chi connectivity index (χ3n) is 3.67. The molecule has 0 amide bonds. The summed E-state index contributed by atoms with van der Waals surface area (Å²) in [5.41, 5.74) is 1.15. The first-order valence-electron chi connectivity index (χ1n) is 5.62. The summed E-state index contributed by atoms with van der Waals surface area (Å²) in [5.74, 6) is 0. The van der Waals surface area contributed by atoms with Crippen molar-refractivity contribution < 1.29 is 0 Å². The van der Waals surface area contributed by atoms with Gasteiger partial charge in [-0.05, 0) is 42.9 Å². The van der Waals surface area contributed by atoms with Crippen LogP contribution < -0.4 is 0 Å². The second-order valence-corrected chi connectivity index (χ2v) is 6.82. The molecule has 0 aliphatic carbocycles. The zero-order valence-electron chi connectivity index (χ0n) is 8.23. The molecule has 2 aliphatic rings. The minimum Gasteiger partial charge on any atom is -0.112 e. The Bertz CT molecular complexity index is 151. The van der Waals surface area contributed by atoms with Gasteiger partial charge >= 0.3 is 0 Å². The Labute approximate surface area is 78.3 Å². The van der Waals surface area contributed by atoms with Crippen LogP contribution in [0.5, 0.6) is 0 Å². The molecule has 12 heavy (non-hydrogen) atoms. The Kier molecular flexibility index (Phi) is 2.75. The zero-order valence-corrected chi connectivity index (χ0v) is 9.23. The van der Waals surface area contributed by atoms with Crippen molar-refractivity contribution in [2.45, 2.75) is 69.1 Å². The molecule has 0 radical (unpaired) electrons. The third-order valence-corrected chi connectivity index (χ3v) is 6.02. The summed E-state index contributed by atoms with van der Waals surface area (Å²) in [6.07, 6.45) is 12.3. The summed E-state index contributed by atoms with van der Waals surface area (Å²) >= 11 is 0. The van der Waals surface area contributed by atoms with E-state index in [-0.39, 0.29) is 0 Å². The normalized spacial score (nSPS) is 43.2. The Morgan fingerprint density at radius 3 is 3.00 bits per heavy atom. The van der Waals surface area contributed by atoms with Gasteiger partial charge in [0.15, 0.2) is 0 Å². The van der Waals surface area contributed by atoms with E-state index in [2.05, 4.69) is 6.92 Å². The van der Waals surface area contributed by atoms with Gasteiger partial charge in [0.2, 0.25) is 0 Å². The van der Waals surface area contributed by atoms with Gasteiger partial charge in [-0.15, -0.1) is 8.58 Å². The van der Waals surface area contributed by atoms with E-state index in [9.17, 15) is 0 Å². The van der Waals surface area contributed by atoms with E-state index in [1.807, 2.05) is 0 Å². The monoisotopic (exact) mass is 184 g/mol. The molecule has 2 bridgehead atoms. The molecule has 2 rings (SSSR count). The summed E-state index contributed by atoms with van der Waals surface area (Å²) in [6.45, 7) is 2.36. The third kappa shape index (κ3) is 1.69. The standard InChI is InChI=1S/C11H21P/c1-2-7-11-8-4-3-5-10(12-11)6-9-11/h10,12H,2-9H2,1H3. The minimum atomic E-state index is 0.857. The predicted molar refractivity (Wildman–Crippen MR) is 57.4 cm³/mol. The molecule has 1 heteroatoms. The first kappa shape index (κ1) is 9.00. The van der Waals surface area contributed by atoms with Crippen LogP contribution in [-0.2, 0) is 0 Å². The van der Waals surface area contributed by atoms with Gasteiger partial charge in [0, 0.05) is 0 Å². The van der Waals surface area contributed by atoms with Crippen LogP contribution in [0.2, 0.25) is 0 Å². The van der Waals surface area contributed by atoms with Gasteiger partial charge in [-0.2, -0.15) is 0 Å². The lowest BCUT2D eigenvalue weighted by Crippen LogP contribution is -2.18. The maximum absolute atomic E-state index is 2.36. The van der Waals surface area contributed by atoms with Crippen molar-refractivity contribution in [2.24, 2.45) is 0 Å². The summed E-state index contributed by atoms with van der Waals surface area (Å²) in [6, 6.07) is 0.